The van der Waals surface area contributed by atoms with Crippen molar-refractivity contribution in [3.8, 4) is 28.7 Å². The van der Waals surface area contributed by atoms with Gasteiger partial charge in [-0.05, 0) is 17.7 Å². The minimum atomic E-state index is -1.73. The zero-order valence-electron chi connectivity index (χ0n) is 18.8. The highest BCUT2D eigenvalue weighted by Crippen LogP contribution is 2.50. The molecular formula is C23H26O12. The van der Waals surface area contributed by atoms with Gasteiger partial charge in [0.1, 0.15) is 41.5 Å². The Morgan fingerprint density at radius 2 is 1.66 bits per heavy atom. The molecule has 7 atom stereocenters. The van der Waals surface area contributed by atoms with Crippen LogP contribution < -0.4 is 18.9 Å². The van der Waals surface area contributed by atoms with Crippen LogP contribution in [0.15, 0.2) is 30.3 Å². The summed E-state index contributed by atoms with van der Waals surface area (Å²) in [5.41, 5.74) is 0.111. The number of hydrogen-bond acceptors (Lipinski definition) is 12. The van der Waals surface area contributed by atoms with E-state index in [0.29, 0.717) is 11.3 Å². The fourth-order valence-corrected chi connectivity index (χ4v) is 4.05. The second kappa shape index (κ2) is 9.85. The summed E-state index contributed by atoms with van der Waals surface area (Å²) >= 11 is 0. The smallest absolute Gasteiger partial charge is 0.229 e. The highest BCUT2D eigenvalue weighted by atomic mass is 16.7. The normalized spacial score (nSPS) is 30.3. The van der Waals surface area contributed by atoms with E-state index in [1.54, 1.807) is 24.3 Å². The quantitative estimate of drug-likeness (QED) is 0.296. The van der Waals surface area contributed by atoms with Gasteiger partial charge in [0.25, 0.3) is 0 Å². The molecule has 6 N–H and O–H groups in total. The van der Waals surface area contributed by atoms with Gasteiger partial charge in [0, 0.05) is 6.07 Å². The van der Waals surface area contributed by atoms with Crippen LogP contribution in [0.25, 0.3) is 0 Å². The molecule has 35 heavy (non-hydrogen) atoms. The fraction of sp³-hybridized carbons (Fsp3) is 0.435. The minimum Gasteiger partial charge on any atom is -0.507 e. The number of methoxy groups -OCH3 is 2. The highest BCUT2D eigenvalue weighted by molar-refractivity contribution is 6.06. The zero-order valence-corrected chi connectivity index (χ0v) is 18.8. The van der Waals surface area contributed by atoms with Gasteiger partial charge in [-0.1, -0.05) is 12.1 Å². The molecule has 190 valence electrons. The molecule has 2 aromatic carbocycles. The maximum atomic E-state index is 13.0. The molecule has 0 radical (unpaired) electrons. The van der Waals surface area contributed by atoms with Crippen molar-refractivity contribution in [3.05, 3.63) is 41.5 Å². The van der Waals surface area contributed by atoms with Crippen molar-refractivity contribution in [1.29, 1.82) is 0 Å². The van der Waals surface area contributed by atoms with Gasteiger partial charge in [-0.25, -0.2) is 0 Å². The van der Waals surface area contributed by atoms with E-state index < -0.39 is 61.1 Å². The number of carbonyl (C=O) groups excluding carboxylic acids is 1. The van der Waals surface area contributed by atoms with E-state index in [2.05, 4.69) is 0 Å². The zero-order chi connectivity index (χ0) is 25.4. The molecule has 0 bridgehead atoms. The molecule has 2 aromatic rings. The summed E-state index contributed by atoms with van der Waals surface area (Å²) in [6.07, 6.45) is -10.6. The van der Waals surface area contributed by atoms with Gasteiger partial charge in [0.15, 0.2) is 23.7 Å². The van der Waals surface area contributed by atoms with Gasteiger partial charge in [-0.3, -0.25) is 4.79 Å². The summed E-state index contributed by atoms with van der Waals surface area (Å²) in [7, 11) is 2.74. The van der Waals surface area contributed by atoms with Gasteiger partial charge in [-0.15, -0.1) is 0 Å². The maximum Gasteiger partial charge on any atom is 0.229 e. The number of fused-ring (bicyclic) bond motifs is 1. The minimum absolute atomic E-state index is 0.159. The number of aromatic hydroxyl groups is 1. The first-order valence-corrected chi connectivity index (χ1v) is 10.7. The maximum absolute atomic E-state index is 13.0. The predicted octanol–water partition coefficient (Wildman–Crippen LogP) is -0.735. The number of benzene rings is 2. The number of phenols is 1. The molecule has 0 saturated carbocycles. The van der Waals surface area contributed by atoms with Crippen molar-refractivity contribution in [2.75, 3.05) is 20.8 Å². The molecule has 7 unspecified atom stereocenters. The first-order valence-electron chi connectivity index (χ1n) is 10.7. The summed E-state index contributed by atoms with van der Waals surface area (Å²) in [6, 6.07) is 7.45. The molecule has 2 aliphatic rings. The van der Waals surface area contributed by atoms with E-state index >= 15 is 0 Å². The number of ketones is 1. The molecule has 0 aromatic heterocycles. The topological polar surface area (TPSA) is 185 Å². The van der Waals surface area contributed by atoms with Crippen LogP contribution in [0.3, 0.4) is 0 Å². The van der Waals surface area contributed by atoms with Crippen molar-refractivity contribution >= 4 is 5.78 Å². The third-order valence-electron chi connectivity index (χ3n) is 5.97. The molecule has 2 aliphatic heterocycles. The van der Waals surface area contributed by atoms with Crippen LogP contribution in [0.1, 0.15) is 22.0 Å². The Balaban J connectivity index is 1.71. The Labute approximate surface area is 199 Å². The van der Waals surface area contributed by atoms with Crippen molar-refractivity contribution < 1.29 is 59.1 Å². The fourth-order valence-electron chi connectivity index (χ4n) is 4.05. The third-order valence-corrected chi connectivity index (χ3v) is 5.97. The Hall–Kier alpha value is -3.13. The van der Waals surface area contributed by atoms with E-state index in [0.717, 1.165) is 6.07 Å². The number of carbonyl (C=O) groups is 1. The van der Waals surface area contributed by atoms with Crippen molar-refractivity contribution in [2.24, 2.45) is 0 Å². The summed E-state index contributed by atoms with van der Waals surface area (Å²) in [5.74, 6) is -1.47. The van der Waals surface area contributed by atoms with E-state index in [9.17, 15) is 35.4 Å². The van der Waals surface area contributed by atoms with Gasteiger partial charge < -0.3 is 54.3 Å². The second-order valence-electron chi connectivity index (χ2n) is 8.07. The van der Waals surface area contributed by atoms with E-state index in [4.69, 9.17) is 23.7 Å². The van der Waals surface area contributed by atoms with E-state index in [-0.39, 0.29) is 22.8 Å². The van der Waals surface area contributed by atoms with Crippen molar-refractivity contribution in [1.82, 2.24) is 0 Å². The average Bonchev–Trinajstić information content (AvgIpc) is 2.86. The SMILES string of the molecule is COc1ccc(C2Oc3c(OC)c(OC4OC(CO)C(O)C(O)C4O)cc(O)c3C(=O)C2O)cc1. The number of ether oxygens (including phenoxy) is 5. The molecular weight excluding hydrogens is 468 g/mol. The van der Waals surface area contributed by atoms with Crippen LogP contribution >= 0.6 is 0 Å². The average molecular weight is 494 g/mol. The summed E-state index contributed by atoms with van der Waals surface area (Å²) in [5, 5.41) is 60.8. The molecule has 12 nitrogen and oxygen atoms in total. The first-order chi connectivity index (χ1) is 16.7. The number of aliphatic hydroxyl groups excluding tert-OH is 5. The lowest BCUT2D eigenvalue weighted by molar-refractivity contribution is -0.277. The lowest BCUT2D eigenvalue weighted by Crippen LogP contribution is -2.60. The predicted molar refractivity (Wildman–Crippen MR) is 116 cm³/mol. The molecule has 2 heterocycles. The van der Waals surface area contributed by atoms with Crippen LogP contribution in [0, 0.1) is 0 Å². The number of Topliss-reactive ketones (excluding diaryl/α,β-unsaturated/α-hetero) is 1. The third kappa shape index (κ3) is 4.35. The summed E-state index contributed by atoms with van der Waals surface area (Å²) < 4.78 is 27.3. The lowest BCUT2D eigenvalue weighted by Gasteiger charge is -2.40. The monoisotopic (exact) mass is 494 g/mol. The van der Waals surface area contributed by atoms with Gasteiger partial charge in [0.2, 0.25) is 17.8 Å². The van der Waals surface area contributed by atoms with Crippen LogP contribution in [0.4, 0.5) is 0 Å². The Kier molecular flexibility index (Phi) is 7.03. The van der Waals surface area contributed by atoms with Gasteiger partial charge >= 0.3 is 0 Å². The molecule has 4 rings (SSSR count). The summed E-state index contributed by atoms with van der Waals surface area (Å²) in [4.78, 5) is 13.0. The number of aliphatic hydroxyl groups is 5. The van der Waals surface area contributed by atoms with Crippen LogP contribution in [0.2, 0.25) is 0 Å². The Morgan fingerprint density at radius 1 is 0.971 bits per heavy atom. The summed E-state index contributed by atoms with van der Waals surface area (Å²) in [6.45, 7) is -0.670. The molecule has 0 spiro atoms. The van der Waals surface area contributed by atoms with Gasteiger partial charge in [0.05, 0.1) is 20.8 Å². The molecule has 1 fully saturated rings. The van der Waals surface area contributed by atoms with Crippen molar-refractivity contribution in [2.45, 2.75) is 42.9 Å². The van der Waals surface area contributed by atoms with Crippen LogP contribution in [-0.2, 0) is 4.74 Å². The van der Waals surface area contributed by atoms with E-state index in [1.165, 1.54) is 14.2 Å². The molecule has 1 saturated heterocycles. The van der Waals surface area contributed by atoms with Gasteiger partial charge in [-0.2, -0.15) is 0 Å². The second-order valence-corrected chi connectivity index (χ2v) is 8.07. The largest absolute Gasteiger partial charge is 0.507 e. The number of rotatable bonds is 6. The number of phenolic OH excluding ortho intramolecular Hbond substituents is 1. The molecule has 12 heteroatoms. The molecule has 0 aliphatic carbocycles. The number of hydrogen-bond donors (Lipinski definition) is 6. The van der Waals surface area contributed by atoms with E-state index in [1.807, 2.05) is 0 Å². The van der Waals surface area contributed by atoms with Crippen LogP contribution in [-0.4, -0.2) is 94.1 Å². The first kappa shape index (κ1) is 25.0. The lowest BCUT2D eigenvalue weighted by atomic mass is 9.92. The Bertz CT molecular complexity index is 1070. The Morgan fingerprint density at radius 3 is 2.26 bits per heavy atom. The standard InChI is InChI=1S/C23H26O12/c1-31-10-5-3-9(4-6-10)20-18(29)16(27)14-11(25)7-12(21(32-2)22(14)35-20)33-23-19(30)17(28)15(26)13(8-24)34-23/h3-7,13,15,17-20,23-26,28-30H,8H2,1-2H3. The van der Waals surface area contributed by atoms with Crippen molar-refractivity contribution in [3.63, 3.8) is 0 Å². The highest BCUT2D eigenvalue weighted by Gasteiger charge is 2.46. The van der Waals surface area contributed by atoms with Crippen LogP contribution in [0.5, 0.6) is 28.7 Å². The molecule has 0 amide bonds.